The molecule has 0 aliphatic carbocycles. The fourth-order valence-corrected chi connectivity index (χ4v) is 6.65. The van der Waals surface area contributed by atoms with E-state index in [1.54, 1.807) is 0 Å². The Morgan fingerprint density at radius 1 is 0.250 bits per heavy atom. The highest BCUT2D eigenvalue weighted by Crippen LogP contribution is 2.15. The van der Waals surface area contributed by atoms with Gasteiger partial charge in [0.2, 0.25) is 0 Å². The maximum atomic E-state index is 2.74. The maximum Gasteiger partial charge on any atom is 0.0110 e. The molecule has 0 unspecified atom stereocenters. The third-order valence-electron chi connectivity index (χ3n) is 9.62. The van der Waals surface area contributed by atoms with Gasteiger partial charge >= 0.3 is 0 Å². The van der Waals surface area contributed by atoms with Gasteiger partial charge in [-0.25, -0.2) is 0 Å². The highest BCUT2D eigenvalue weighted by atomic mass is 15.3. The fourth-order valence-electron chi connectivity index (χ4n) is 6.65. The van der Waals surface area contributed by atoms with E-state index in [-0.39, 0.29) is 0 Å². The number of hydrogen-bond acceptors (Lipinski definition) is 2. The summed E-state index contributed by atoms with van der Waals surface area (Å²) in [6.07, 6.45) is 43.9. The zero-order valence-corrected chi connectivity index (χ0v) is 28.4. The summed E-state index contributed by atoms with van der Waals surface area (Å²) in [5.41, 5.74) is 0. The van der Waals surface area contributed by atoms with Gasteiger partial charge in [0.05, 0.1) is 0 Å². The quantitative estimate of drug-likeness (QED) is 0.0752. The molecule has 0 bridgehead atoms. The van der Waals surface area contributed by atoms with Gasteiger partial charge in [-0.15, -0.1) is 0 Å². The average molecular weight is 563 g/mol. The van der Waals surface area contributed by atoms with Gasteiger partial charge in [-0.05, 0) is 25.9 Å². The summed E-state index contributed by atoms with van der Waals surface area (Å²) >= 11 is 0. The smallest absolute Gasteiger partial charge is 0.0110 e. The number of hydrogen-bond donors (Lipinski definition) is 0. The summed E-state index contributed by atoms with van der Waals surface area (Å²) in [6.45, 7) is 12.6. The normalized spacial score (nSPS) is 14.8. The Balaban J connectivity index is 1.74. The first kappa shape index (κ1) is 37.9. The molecule has 40 heavy (non-hydrogen) atoms. The van der Waals surface area contributed by atoms with E-state index in [1.807, 2.05) is 0 Å². The van der Waals surface area contributed by atoms with Crippen LogP contribution in [0.25, 0.3) is 0 Å². The van der Waals surface area contributed by atoms with Crippen LogP contribution in [0.5, 0.6) is 0 Å². The molecule has 0 radical (unpaired) electrons. The predicted molar refractivity (Wildman–Crippen MR) is 183 cm³/mol. The summed E-state index contributed by atoms with van der Waals surface area (Å²) < 4.78 is 0. The minimum absolute atomic E-state index is 1.32. The Morgan fingerprint density at radius 2 is 0.425 bits per heavy atom. The van der Waals surface area contributed by atoms with Crippen molar-refractivity contribution in [3.05, 3.63) is 0 Å². The molecule has 1 fully saturated rings. The topological polar surface area (TPSA) is 6.48 Å². The molecule has 1 aliphatic rings. The zero-order valence-electron chi connectivity index (χ0n) is 28.4. The van der Waals surface area contributed by atoms with Crippen LogP contribution in [0.2, 0.25) is 0 Å². The van der Waals surface area contributed by atoms with E-state index in [0.717, 1.165) is 0 Å². The first-order valence-electron chi connectivity index (χ1n) is 19.3. The van der Waals surface area contributed by atoms with Crippen LogP contribution in [-0.4, -0.2) is 49.1 Å². The lowest BCUT2D eigenvalue weighted by atomic mass is 10.0. The molecule has 0 aromatic carbocycles. The second-order valence-electron chi connectivity index (χ2n) is 13.6. The molecule has 0 aromatic rings. The van der Waals surface area contributed by atoms with Crippen LogP contribution in [-0.2, 0) is 0 Å². The van der Waals surface area contributed by atoms with Crippen LogP contribution < -0.4 is 0 Å². The van der Waals surface area contributed by atoms with Crippen molar-refractivity contribution in [2.24, 2.45) is 0 Å². The molecular weight excluding hydrogens is 484 g/mol. The molecule has 0 N–H and O–H groups in total. The molecule has 2 heteroatoms. The predicted octanol–water partition coefficient (Wildman–Crippen LogP) is 12.3. The zero-order chi connectivity index (χ0) is 28.6. The number of unbranched alkanes of at least 4 members (excludes halogenated alkanes) is 28. The standard InChI is InChI=1S/C38H78N2/c1-3-5-7-9-11-13-15-17-19-20-22-24-26-28-30-32-34-40-37-35-39(36-38-40)33-31-29-27-25-23-21-18-16-14-12-10-8-6-4-2/h3-38H2,1-2H3. The number of nitrogens with zero attached hydrogens (tertiary/aromatic N) is 2. The van der Waals surface area contributed by atoms with Crippen LogP contribution in [0.3, 0.4) is 0 Å². The van der Waals surface area contributed by atoms with Gasteiger partial charge < -0.3 is 9.80 Å². The largest absolute Gasteiger partial charge is 0.301 e. The lowest BCUT2D eigenvalue weighted by molar-refractivity contribution is 0.129. The van der Waals surface area contributed by atoms with Crippen molar-refractivity contribution in [1.29, 1.82) is 0 Å². The Morgan fingerprint density at radius 3 is 0.625 bits per heavy atom. The van der Waals surface area contributed by atoms with Gasteiger partial charge in [0.15, 0.2) is 0 Å². The first-order chi connectivity index (χ1) is 19.9. The highest BCUT2D eigenvalue weighted by molar-refractivity contribution is 4.72. The monoisotopic (exact) mass is 563 g/mol. The molecule has 240 valence electrons. The van der Waals surface area contributed by atoms with E-state index in [0.29, 0.717) is 0 Å². The molecule has 1 saturated heterocycles. The maximum absolute atomic E-state index is 2.74. The molecule has 0 spiro atoms. The Labute approximate surface area is 255 Å². The molecule has 1 heterocycles. The minimum atomic E-state index is 1.32. The van der Waals surface area contributed by atoms with Crippen LogP contribution >= 0.6 is 0 Å². The Bertz CT molecular complexity index is 456. The molecule has 0 atom stereocenters. The third kappa shape index (κ3) is 26.8. The highest BCUT2D eigenvalue weighted by Gasteiger charge is 2.15. The lowest BCUT2D eigenvalue weighted by Gasteiger charge is -2.34. The third-order valence-corrected chi connectivity index (χ3v) is 9.62. The Kier molecular flexibility index (Phi) is 30.2. The first-order valence-corrected chi connectivity index (χ1v) is 19.3. The van der Waals surface area contributed by atoms with Gasteiger partial charge in [-0.1, -0.05) is 194 Å². The van der Waals surface area contributed by atoms with Crippen molar-refractivity contribution in [3.63, 3.8) is 0 Å². The summed E-state index contributed by atoms with van der Waals surface area (Å²) in [6, 6.07) is 0. The van der Waals surface area contributed by atoms with Crippen LogP contribution in [0.1, 0.15) is 206 Å². The van der Waals surface area contributed by atoms with Gasteiger partial charge in [-0.2, -0.15) is 0 Å². The van der Waals surface area contributed by atoms with E-state index < -0.39 is 0 Å². The lowest BCUT2D eigenvalue weighted by Crippen LogP contribution is -2.46. The SMILES string of the molecule is CCCCCCCCCCCCCCCCCCN1CCN(CCCCCCCCCCCCCCCC)CC1. The summed E-state index contributed by atoms with van der Waals surface area (Å²) in [5.74, 6) is 0. The number of piperazine rings is 1. The van der Waals surface area contributed by atoms with E-state index in [9.17, 15) is 0 Å². The van der Waals surface area contributed by atoms with E-state index in [4.69, 9.17) is 0 Å². The van der Waals surface area contributed by atoms with Gasteiger partial charge in [-0.3, -0.25) is 0 Å². The summed E-state index contributed by atoms with van der Waals surface area (Å²) in [4.78, 5) is 5.48. The van der Waals surface area contributed by atoms with Gasteiger partial charge in [0.25, 0.3) is 0 Å². The van der Waals surface area contributed by atoms with E-state index >= 15 is 0 Å². The summed E-state index contributed by atoms with van der Waals surface area (Å²) in [7, 11) is 0. The Hall–Kier alpha value is -0.0800. The van der Waals surface area contributed by atoms with Crippen LogP contribution in [0.15, 0.2) is 0 Å². The van der Waals surface area contributed by atoms with Crippen molar-refractivity contribution in [2.45, 2.75) is 206 Å². The summed E-state index contributed by atoms with van der Waals surface area (Å²) in [5, 5.41) is 0. The molecule has 1 aliphatic heterocycles. The fraction of sp³-hybridized carbons (Fsp3) is 1.00. The molecule has 0 amide bonds. The average Bonchev–Trinajstić information content (AvgIpc) is 2.98. The molecule has 0 aromatic heterocycles. The second kappa shape index (κ2) is 31.8. The van der Waals surface area contributed by atoms with Gasteiger partial charge in [0.1, 0.15) is 0 Å². The molecule has 2 nitrogen and oxygen atoms in total. The molecular formula is C38H78N2. The van der Waals surface area contributed by atoms with Crippen LogP contribution in [0.4, 0.5) is 0 Å². The van der Waals surface area contributed by atoms with Crippen molar-refractivity contribution in [3.8, 4) is 0 Å². The van der Waals surface area contributed by atoms with E-state index in [2.05, 4.69) is 23.6 Å². The molecule has 0 saturated carbocycles. The van der Waals surface area contributed by atoms with Gasteiger partial charge in [0, 0.05) is 26.2 Å². The van der Waals surface area contributed by atoms with Crippen molar-refractivity contribution < 1.29 is 0 Å². The van der Waals surface area contributed by atoms with Crippen molar-refractivity contribution >= 4 is 0 Å². The van der Waals surface area contributed by atoms with E-state index in [1.165, 1.54) is 232 Å². The minimum Gasteiger partial charge on any atom is -0.301 e. The second-order valence-corrected chi connectivity index (χ2v) is 13.6. The van der Waals surface area contributed by atoms with Crippen molar-refractivity contribution in [2.75, 3.05) is 39.3 Å². The van der Waals surface area contributed by atoms with Crippen LogP contribution in [0, 0.1) is 0 Å². The van der Waals surface area contributed by atoms with Crippen molar-refractivity contribution in [1.82, 2.24) is 9.80 Å². The molecule has 1 rings (SSSR count). The number of rotatable bonds is 32.